The van der Waals surface area contributed by atoms with E-state index in [0.29, 0.717) is 6.54 Å². The summed E-state index contributed by atoms with van der Waals surface area (Å²) in [5.41, 5.74) is 3.89. The molecule has 2 amide bonds. The molecule has 4 rings (SSSR count). The number of rotatable bonds is 13. The molecule has 0 heterocycles. The third-order valence-electron chi connectivity index (χ3n) is 7.43. The van der Waals surface area contributed by atoms with Gasteiger partial charge in [0.2, 0.25) is 11.8 Å². The van der Waals surface area contributed by atoms with Crippen molar-refractivity contribution in [2.75, 3.05) is 17.4 Å². The van der Waals surface area contributed by atoms with Gasteiger partial charge in [0.15, 0.2) is 0 Å². The molecule has 4 aromatic rings. The Balaban J connectivity index is 1.79. The lowest BCUT2D eigenvalue weighted by Gasteiger charge is -2.34. The van der Waals surface area contributed by atoms with Gasteiger partial charge < -0.3 is 10.2 Å². The van der Waals surface area contributed by atoms with Gasteiger partial charge in [-0.1, -0.05) is 91.7 Å². The highest BCUT2D eigenvalue weighted by Gasteiger charge is 2.34. The summed E-state index contributed by atoms with van der Waals surface area (Å²) >= 11 is 0. The Morgan fingerprint density at radius 2 is 1.36 bits per heavy atom. The van der Waals surface area contributed by atoms with Gasteiger partial charge in [-0.05, 0) is 67.3 Å². The fourth-order valence-electron chi connectivity index (χ4n) is 4.84. The smallest absolute Gasteiger partial charge is 0.264 e. The third-order valence-corrected chi connectivity index (χ3v) is 9.22. The van der Waals surface area contributed by atoms with Crippen molar-refractivity contribution >= 4 is 27.5 Å². The number of nitrogens with one attached hydrogen (secondary N) is 1. The summed E-state index contributed by atoms with van der Waals surface area (Å²) in [5, 5.41) is 2.99. The van der Waals surface area contributed by atoms with Gasteiger partial charge in [-0.25, -0.2) is 12.8 Å². The second-order valence-electron chi connectivity index (χ2n) is 11.7. The Hall–Kier alpha value is -4.50. The molecular weight excluding hydrogens is 589 g/mol. The zero-order valence-corrected chi connectivity index (χ0v) is 26.9. The van der Waals surface area contributed by atoms with Crippen molar-refractivity contribution in [3.05, 3.63) is 131 Å². The van der Waals surface area contributed by atoms with Crippen molar-refractivity contribution in [3.8, 4) is 0 Å². The first-order valence-corrected chi connectivity index (χ1v) is 16.4. The quantitative estimate of drug-likeness (QED) is 0.195. The average Bonchev–Trinajstić information content (AvgIpc) is 3.02. The lowest BCUT2D eigenvalue weighted by Crippen LogP contribution is -2.53. The van der Waals surface area contributed by atoms with E-state index in [2.05, 4.69) is 5.32 Å². The molecule has 0 saturated heterocycles. The van der Waals surface area contributed by atoms with E-state index in [0.717, 1.165) is 38.7 Å². The molecule has 0 radical (unpaired) electrons. The summed E-state index contributed by atoms with van der Waals surface area (Å²) < 4.78 is 42.8. The van der Waals surface area contributed by atoms with Gasteiger partial charge in [-0.2, -0.15) is 0 Å². The van der Waals surface area contributed by atoms with E-state index >= 15 is 0 Å². The minimum Gasteiger partial charge on any atom is -0.354 e. The zero-order valence-electron chi connectivity index (χ0n) is 26.1. The van der Waals surface area contributed by atoms with E-state index in [1.165, 1.54) is 17.0 Å². The SMILES string of the molecule is Cc1ccc(CN(C(=O)CN(c2ccc(C)cc2)S(=O)(=O)c2ccc(F)cc2)[C@H](Cc2ccccc2)C(=O)NCC(C)C)cc1. The first kappa shape index (κ1) is 33.4. The standard InChI is InChI=1S/C36H40FN3O4S/c1-26(2)23-38-36(42)34(22-29-8-6-5-7-9-29)39(24-30-14-10-27(3)11-15-30)35(41)25-40(32-18-12-28(4)13-19-32)45(43,44)33-20-16-31(37)17-21-33/h5-21,26,34H,22-25H2,1-4H3,(H,38,42)/t34-/m1/s1. The lowest BCUT2D eigenvalue weighted by molar-refractivity contribution is -0.140. The molecule has 9 heteroatoms. The summed E-state index contributed by atoms with van der Waals surface area (Å²) in [7, 11) is -4.30. The van der Waals surface area contributed by atoms with Crippen molar-refractivity contribution in [2.45, 2.75) is 51.6 Å². The van der Waals surface area contributed by atoms with Crippen molar-refractivity contribution in [3.63, 3.8) is 0 Å². The monoisotopic (exact) mass is 629 g/mol. The second-order valence-corrected chi connectivity index (χ2v) is 13.5. The Morgan fingerprint density at radius 3 is 1.93 bits per heavy atom. The van der Waals surface area contributed by atoms with Crippen LogP contribution in [-0.2, 0) is 32.6 Å². The normalized spacial score (nSPS) is 12.0. The molecule has 45 heavy (non-hydrogen) atoms. The minimum atomic E-state index is -4.30. The van der Waals surface area contributed by atoms with Crippen molar-refractivity contribution in [2.24, 2.45) is 5.92 Å². The van der Waals surface area contributed by atoms with Crippen LogP contribution in [0.15, 0.2) is 108 Å². The van der Waals surface area contributed by atoms with E-state index in [9.17, 15) is 22.4 Å². The predicted octanol–water partition coefficient (Wildman–Crippen LogP) is 6.05. The minimum absolute atomic E-state index is 0.0873. The van der Waals surface area contributed by atoms with Crippen molar-refractivity contribution < 1.29 is 22.4 Å². The molecule has 7 nitrogen and oxygen atoms in total. The van der Waals surface area contributed by atoms with Crippen LogP contribution in [-0.4, -0.2) is 44.3 Å². The van der Waals surface area contributed by atoms with Gasteiger partial charge in [0.25, 0.3) is 10.0 Å². The summed E-state index contributed by atoms with van der Waals surface area (Å²) in [6.45, 7) is 7.75. The molecular formula is C36H40FN3O4S. The molecule has 0 fully saturated rings. The van der Waals surface area contributed by atoms with Crippen LogP contribution in [0.4, 0.5) is 10.1 Å². The highest BCUT2D eigenvalue weighted by atomic mass is 32.2. The molecule has 0 aliphatic heterocycles. The van der Waals surface area contributed by atoms with Crippen molar-refractivity contribution in [1.29, 1.82) is 0 Å². The van der Waals surface area contributed by atoms with Gasteiger partial charge >= 0.3 is 0 Å². The van der Waals surface area contributed by atoms with Crippen LogP contribution < -0.4 is 9.62 Å². The maximum absolute atomic E-state index is 14.5. The maximum Gasteiger partial charge on any atom is 0.264 e. The zero-order chi connectivity index (χ0) is 32.6. The fraction of sp³-hybridized carbons (Fsp3) is 0.278. The molecule has 0 aliphatic rings. The third kappa shape index (κ3) is 9.01. The lowest BCUT2D eigenvalue weighted by atomic mass is 10.0. The number of benzene rings is 4. The number of sulfonamides is 1. The van der Waals surface area contributed by atoms with Crippen LogP contribution in [0.5, 0.6) is 0 Å². The topological polar surface area (TPSA) is 86.8 Å². The van der Waals surface area contributed by atoms with E-state index in [4.69, 9.17) is 0 Å². The molecule has 0 aliphatic carbocycles. The average molecular weight is 630 g/mol. The maximum atomic E-state index is 14.5. The van der Waals surface area contributed by atoms with Crippen molar-refractivity contribution in [1.82, 2.24) is 10.2 Å². The highest BCUT2D eigenvalue weighted by molar-refractivity contribution is 7.92. The number of aryl methyl sites for hydroxylation is 2. The van der Waals surface area contributed by atoms with Gasteiger partial charge in [0.05, 0.1) is 10.6 Å². The summed E-state index contributed by atoms with van der Waals surface area (Å²) in [5.74, 6) is -1.27. The molecule has 4 aromatic carbocycles. The largest absolute Gasteiger partial charge is 0.354 e. The van der Waals surface area contributed by atoms with Crippen LogP contribution >= 0.6 is 0 Å². The van der Waals surface area contributed by atoms with Gasteiger partial charge in [0.1, 0.15) is 18.4 Å². The Morgan fingerprint density at radius 1 is 0.778 bits per heavy atom. The summed E-state index contributed by atoms with van der Waals surface area (Å²) in [6.07, 6.45) is 0.234. The van der Waals surface area contributed by atoms with E-state index in [-0.39, 0.29) is 35.4 Å². The van der Waals surface area contributed by atoms with Gasteiger partial charge in [-0.15, -0.1) is 0 Å². The number of carbonyl (C=O) groups excluding carboxylic acids is 2. The fourth-order valence-corrected chi connectivity index (χ4v) is 6.25. The van der Waals surface area contributed by atoms with E-state index in [1.807, 2.05) is 82.3 Å². The molecule has 0 spiro atoms. The Kier molecular flexibility index (Phi) is 11.1. The van der Waals surface area contributed by atoms with Crippen LogP contribution in [0.25, 0.3) is 0 Å². The molecule has 1 atom stereocenters. The first-order valence-electron chi connectivity index (χ1n) is 15.0. The van der Waals surface area contributed by atoms with Crippen LogP contribution in [0.1, 0.15) is 36.1 Å². The number of carbonyl (C=O) groups is 2. The van der Waals surface area contributed by atoms with E-state index < -0.39 is 34.3 Å². The number of hydrogen-bond donors (Lipinski definition) is 1. The number of hydrogen-bond acceptors (Lipinski definition) is 4. The Bertz CT molecular complexity index is 1680. The number of anilines is 1. The van der Waals surface area contributed by atoms with Crippen LogP contribution in [0.3, 0.4) is 0 Å². The molecule has 0 aromatic heterocycles. The number of nitrogens with zero attached hydrogens (tertiary/aromatic N) is 2. The molecule has 1 N–H and O–H groups in total. The molecule has 0 saturated carbocycles. The second kappa shape index (κ2) is 15.0. The predicted molar refractivity (Wildman–Crippen MR) is 176 cm³/mol. The summed E-state index contributed by atoms with van der Waals surface area (Å²) in [4.78, 5) is 29.6. The highest BCUT2D eigenvalue weighted by Crippen LogP contribution is 2.26. The van der Waals surface area contributed by atoms with Gasteiger partial charge in [0, 0.05) is 19.5 Å². The molecule has 236 valence electrons. The first-order chi connectivity index (χ1) is 21.4. The number of amides is 2. The van der Waals surface area contributed by atoms with E-state index in [1.54, 1.807) is 24.3 Å². The molecule has 0 bridgehead atoms. The Labute approximate surface area is 265 Å². The molecule has 0 unspecified atom stereocenters. The van der Waals surface area contributed by atoms with Crippen LogP contribution in [0, 0.1) is 25.6 Å². The number of halogens is 1. The van der Waals surface area contributed by atoms with Crippen LogP contribution in [0.2, 0.25) is 0 Å². The summed E-state index contributed by atoms with van der Waals surface area (Å²) in [6, 6.07) is 27.4. The van der Waals surface area contributed by atoms with Gasteiger partial charge in [-0.3, -0.25) is 13.9 Å².